The van der Waals surface area contributed by atoms with Crippen molar-refractivity contribution in [3.8, 4) is 11.5 Å². The minimum Gasteiger partial charge on any atom is -0.489 e. The molecule has 3 aromatic carbocycles. The number of carbonyl (C=O) groups excluding carboxylic acids is 2. The molecule has 0 aliphatic carbocycles. The van der Waals surface area contributed by atoms with Crippen molar-refractivity contribution in [1.29, 1.82) is 0 Å². The molecule has 0 radical (unpaired) electrons. The number of benzene rings is 3. The monoisotopic (exact) mass is 582 g/mol. The summed E-state index contributed by atoms with van der Waals surface area (Å²) in [7, 11) is 0. The van der Waals surface area contributed by atoms with E-state index in [1.165, 1.54) is 0 Å². The minimum absolute atomic E-state index is 0.339. The van der Waals surface area contributed by atoms with Crippen LogP contribution in [-0.4, -0.2) is 23.1 Å². The number of hydrogen-bond acceptors (Lipinski definition) is 6. The molecule has 0 aliphatic rings. The molecule has 0 saturated carbocycles. The molecule has 7 heteroatoms. The molecule has 0 atom stereocenters. The van der Waals surface area contributed by atoms with Crippen LogP contribution in [0.25, 0.3) is 0 Å². The van der Waals surface area contributed by atoms with Crippen molar-refractivity contribution in [3.05, 3.63) is 94.5 Å². The van der Waals surface area contributed by atoms with Crippen LogP contribution in [0.15, 0.2) is 66.7 Å². The summed E-state index contributed by atoms with van der Waals surface area (Å²) in [6, 6.07) is 20.1. The number of carbonyl (C=O) groups is 2. The van der Waals surface area contributed by atoms with Crippen LogP contribution in [0.5, 0.6) is 11.5 Å². The highest BCUT2D eigenvalue weighted by Gasteiger charge is 2.18. The summed E-state index contributed by atoms with van der Waals surface area (Å²) in [5, 5.41) is 0.649. The van der Waals surface area contributed by atoms with Crippen LogP contribution < -0.4 is 9.47 Å². The maximum Gasteiger partial charge on any atom is 0.338 e. The van der Waals surface area contributed by atoms with Gasteiger partial charge in [0.15, 0.2) is 0 Å². The average Bonchev–Trinajstić information content (AvgIpc) is 2.84. The zero-order chi connectivity index (χ0) is 27.9. The Labute approximate surface area is 233 Å². The third kappa shape index (κ3) is 9.53. The van der Waals surface area contributed by atoms with Crippen molar-refractivity contribution < 1.29 is 28.5 Å². The minimum atomic E-state index is -0.539. The molecule has 202 valence electrons. The molecule has 0 aromatic heterocycles. The van der Waals surface area contributed by atoms with Crippen molar-refractivity contribution in [1.82, 2.24) is 0 Å². The fraction of sp³-hybridized carbons (Fsp3) is 0.355. The quantitative estimate of drug-likeness (QED) is 0.190. The van der Waals surface area contributed by atoms with Gasteiger partial charge in [-0.1, -0.05) is 40.2 Å². The molecule has 0 bridgehead atoms. The topological polar surface area (TPSA) is 71.1 Å². The summed E-state index contributed by atoms with van der Waals surface area (Å²) in [6.45, 7) is 11.7. The van der Waals surface area contributed by atoms with Gasteiger partial charge in [0, 0.05) is 11.4 Å². The zero-order valence-corrected chi connectivity index (χ0v) is 24.4. The molecule has 0 aliphatic heterocycles. The van der Waals surface area contributed by atoms with Gasteiger partial charge in [-0.05, 0) is 94.6 Å². The van der Waals surface area contributed by atoms with Crippen molar-refractivity contribution in [2.45, 2.75) is 71.3 Å². The lowest BCUT2D eigenvalue weighted by molar-refractivity contribution is 0.00569. The highest BCUT2D eigenvalue weighted by Crippen LogP contribution is 2.26. The van der Waals surface area contributed by atoms with Crippen LogP contribution in [0.2, 0.25) is 0 Å². The summed E-state index contributed by atoms with van der Waals surface area (Å²) in [4.78, 5) is 24.5. The number of esters is 2. The van der Waals surface area contributed by atoms with Gasteiger partial charge in [-0.2, -0.15) is 0 Å². The standard InChI is InChI=1S/C31H35BrO6/c1-30(2,3)37-28(33)24-11-7-21(8-12-24)19-35-26-15-23(18-32)16-27(17-26)36-20-22-9-13-25(14-10-22)29(34)38-31(4,5)6/h7-17H,18-20H2,1-6H3. The normalized spacial score (nSPS) is 11.6. The van der Waals surface area contributed by atoms with Gasteiger partial charge in [0.1, 0.15) is 35.9 Å². The van der Waals surface area contributed by atoms with Crippen LogP contribution in [0.4, 0.5) is 0 Å². The van der Waals surface area contributed by atoms with Gasteiger partial charge in [-0.15, -0.1) is 0 Å². The maximum absolute atomic E-state index is 12.2. The smallest absolute Gasteiger partial charge is 0.338 e. The van der Waals surface area contributed by atoms with Gasteiger partial charge < -0.3 is 18.9 Å². The number of rotatable bonds is 9. The van der Waals surface area contributed by atoms with Crippen LogP contribution in [0.3, 0.4) is 0 Å². The van der Waals surface area contributed by atoms with E-state index in [1.807, 2.05) is 84.0 Å². The SMILES string of the molecule is CC(C)(C)OC(=O)c1ccc(COc2cc(CBr)cc(OCc3ccc(C(=O)OC(C)(C)C)cc3)c2)cc1. The second-order valence-electron chi connectivity index (χ2n) is 10.9. The van der Waals surface area contributed by atoms with Crippen molar-refractivity contribution in [2.75, 3.05) is 0 Å². The predicted octanol–water partition coefficient (Wildman–Crippen LogP) is 7.65. The number of halogens is 1. The van der Waals surface area contributed by atoms with Gasteiger partial charge in [-0.3, -0.25) is 0 Å². The first kappa shape index (κ1) is 29.2. The predicted molar refractivity (Wildman–Crippen MR) is 151 cm³/mol. The molecular formula is C31H35BrO6. The van der Waals surface area contributed by atoms with E-state index in [0.29, 0.717) is 41.2 Å². The molecule has 38 heavy (non-hydrogen) atoms. The third-order valence-electron chi connectivity index (χ3n) is 5.08. The molecule has 0 N–H and O–H groups in total. The molecule has 0 spiro atoms. The maximum atomic E-state index is 12.2. The summed E-state index contributed by atoms with van der Waals surface area (Å²) in [6.07, 6.45) is 0. The number of hydrogen-bond donors (Lipinski definition) is 0. The van der Waals surface area contributed by atoms with Crippen LogP contribution in [0, 0.1) is 0 Å². The molecule has 6 nitrogen and oxygen atoms in total. The molecule has 0 unspecified atom stereocenters. The van der Waals surface area contributed by atoms with Crippen LogP contribution in [0.1, 0.15) is 78.9 Å². The largest absolute Gasteiger partial charge is 0.489 e. The summed E-state index contributed by atoms with van der Waals surface area (Å²) < 4.78 is 22.9. The number of ether oxygens (including phenoxy) is 4. The molecular weight excluding hydrogens is 548 g/mol. The average molecular weight is 584 g/mol. The van der Waals surface area contributed by atoms with Crippen LogP contribution >= 0.6 is 15.9 Å². The Morgan fingerprint density at radius 3 is 1.29 bits per heavy atom. The van der Waals surface area contributed by atoms with Crippen molar-refractivity contribution >= 4 is 27.9 Å². The second kappa shape index (κ2) is 12.5. The van der Waals surface area contributed by atoms with E-state index in [4.69, 9.17) is 18.9 Å². The first-order valence-electron chi connectivity index (χ1n) is 12.4. The Balaban J connectivity index is 1.60. The van der Waals surface area contributed by atoms with E-state index in [-0.39, 0.29) is 11.9 Å². The van der Waals surface area contributed by atoms with E-state index in [9.17, 15) is 9.59 Å². The Kier molecular flexibility index (Phi) is 9.60. The highest BCUT2D eigenvalue weighted by molar-refractivity contribution is 9.08. The van der Waals surface area contributed by atoms with E-state index in [2.05, 4.69) is 15.9 Å². The second-order valence-corrected chi connectivity index (χ2v) is 11.5. The van der Waals surface area contributed by atoms with Crippen molar-refractivity contribution in [3.63, 3.8) is 0 Å². The summed E-state index contributed by atoms with van der Waals surface area (Å²) >= 11 is 3.50. The lowest BCUT2D eigenvalue weighted by Crippen LogP contribution is -2.23. The highest BCUT2D eigenvalue weighted by atomic mass is 79.9. The van der Waals surface area contributed by atoms with Gasteiger partial charge >= 0.3 is 11.9 Å². The Morgan fingerprint density at radius 2 is 0.974 bits per heavy atom. The molecule has 0 fully saturated rings. The van der Waals surface area contributed by atoms with Gasteiger partial charge in [0.05, 0.1) is 11.1 Å². The van der Waals surface area contributed by atoms with Gasteiger partial charge in [0.2, 0.25) is 0 Å². The summed E-state index contributed by atoms with van der Waals surface area (Å²) in [5.74, 6) is 0.648. The van der Waals surface area contributed by atoms with E-state index in [0.717, 1.165) is 16.7 Å². The third-order valence-corrected chi connectivity index (χ3v) is 5.73. The molecule has 0 heterocycles. The van der Waals surface area contributed by atoms with E-state index >= 15 is 0 Å². The molecule has 0 saturated heterocycles. The van der Waals surface area contributed by atoms with Crippen LogP contribution in [-0.2, 0) is 28.0 Å². The Bertz CT molecular complexity index is 1140. The zero-order valence-electron chi connectivity index (χ0n) is 22.8. The molecule has 3 rings (SSSR count). The number of alkyl halides is 1. The van der Waals surface area contributed by atoms with E-state index in [1.54, 1.807) is 24.3 Å². The summed E-state index contributed by atoms with van der Waals surface area (Å²) in [5.41, 5.74) is 2.78. The lowest BCUT2D eigenvalue weighted by Gasteiger charge is -2.19. The van der Waals surface area contributed by atoms with Crippen molar-refractivity contribution in [2.24, 2.45) is 0 Å². The lowest BCUT2D eigenvalue weighted by atomic mass is 10.1. The fourth-order valence-corrected chi connectivity index (χ4v) is 3.68. The Hall–Kier alpha value is -3.32. The first-order valence-corrected chi connectivity index (χ1v) is 13.5. The van der Waals surface area contributed by atoms with Gasteiger partial charge in [-0.25, -0.2) is 9.59 Å². The first-order chi connectivity index (χ1) is 17.8. The van der Waals surface area contributed by atoms with E-state index < -0.39 is 11.2 Å². The molecule has 3 aromatic rings. The molecule has 0 amide bonds. The Morgan fingerprint density at radius 1 is 0.605 bits per heavy atom. The fourth-order valence-electron chi connectivity index (χ4n) is 3.36. The van der Waals surface area contributed by atoms with Gasteiger partial charge in [0.25, 0.3) is 0 Å².